The number of aliphatic hydroxyl groups is 4. The molecule has 1 rings (SSSR count). The molecule has 0 spiro atoms. The zero-order chi connectivity index (χ0) is 45.9. The van der Waals surface area contributed by atoms with Crippen LogP contribution in [-0.2, 0) is 28.5 Å². The summed E-state index contributed by atoms with van der Waals surface area (Å²) in [6.45, 7) is 3.27. The minimum Gasteiger partial charge on any atom is -0.462 e. The van der Waals surface area contributed by atoms with Crippen LogP contribution in [-0.4, -0.2) is 89.0 Å². The van der Waals surface area contributed by atoms with Crippen LogP contribution in [0.1, 0.15) is 194 Å². The summed E-state index contributed by atoms with van der Waals surface area (Å²) in [6, 6.07) is 0. The Morgan fingerprint density at radius 1 is 0.508 bits per heavy atom. The van der Waals surface area contributed by atoms with E-state index >= 15 is 0 Å². The smallest absolute Gasteiger partial charge is 0.306 e. The van der Waals surface area contributed by atoms with Crippen LogP contribution in [0.4, 0.5) is 0 Å². The molecule has 1 aliphatic heterocycles. The molecule has 1 fully saturated rings. The maximum atomic E-state index is 12.8. The summed E-state index contributed by atoms with van der Waals surface area (Å²) >= 11 is 0. The third-order valence-electron chi connectivity index (χ3n) is 11.1. The maximum Gasteiger partial charge on any atom is 0.306 e. The van der Waals surface area contributed by atoms with Crippen molar-refractivity contribution < 1.29 is 49.0 Å². The van der Waals surface area contributed by atoms with Gasteiger partial charge in [-0.3, -0.25) is 9.59 Å². The van der Waals surface area contributed by atoms with E-state index in [2.05, 4.69) is 86.8 Å². The highest BCUT2D eigenvalue weighted by Crippen LogP contribution is 2.23. The lowest BCUT2D eigenvalue weighted by atomic mass is 9.99. The lowest BCUT2D eigenvalue weighted by molar-refractivity contribution is -0.305. The number of carbonyl (C=O) groups is 2. The second-order valence-corrected chi connectivity index (χ2v) is 16.9. The third kappa shape index (κ3) is 34.2. The Morgan fingerprint density at radius 2 is 0.937 bits per heavy atom. The van der Waals surface area contributed by atoms with Gasteiger partial charge in [0.05, 0.1) is 13.2 Å². The van der Waals surface area contributed by atoms with Crippen molar-refractivity contribution in [2.45, 2.75) is 230 Å². The third-order valence-corrected chi connectivity index (χ3v) is 11.1. The quantitative estimate of drug-likeness (QED) is 0.0265. The second-order valence-electron chi connectivity index (χ2n) is 16.9. The van der Waals surface area contributed by atoms with Crippen molar-refractivity contribution in [2.24, 2.45) is 0 Å². The molecule has 63 heavy (non-hydrogen) atoms. The molecule has 0 aliphatic carbocycles. The van der Waals surface area contributed by atoms with Crippen molar-refractivity contribution in [1.29, 1.82) is 0 Å². The van der Waals surface area contributed by atoms with Crippen molar-refractivity contribution >= 4 is 11.9 Å². The first-order chi connectivity index (χ1) is 30.8. The molecule has 6 unspecified atom stereocenters. The van der Waals surface area contributed by atoms with E-state index in [1.165, 1.54) is 64.2 Å². The van der Waals surface area contributed by atoms with Gasteiger partial charge in [0.1, 0.15) is 31.0 Å². The molecule has 1 aliphatic rings. The fourth-order valence-electron chi connectivity index (χ4n) is 7.15. The molecule has 6 atom stereocenters. The van der Waals surface area contributed by atoms with Gasteiger partial charge in [-0.25, -0.2) is 0 Å². The van der Waals surface area contributed by atoms with E-state index in [0.29, 0.717) is 12.8 Å². The number of ether oxygens (including phenoxy) is 4. The normalized spacial score (nSPS) is 20.1. The molecular formula is C53H90O10. The first-order valence-electron chi connectivity index (χ1n) is 25.0. The van der Waals surface area contributed by atoms with Crippen molar-refractivity contribution in [3.63, 3.8) is 0 Å². The molecule has 0 aromatic carbocycles. The van der Waals surface area contributed by atoms with Gasteiger partial charge in [-0.2, -0.15) is 0 Å². The second kappa shape index (κ2) is 43.1. The van der Waals surface area contributed by atoms with Gasteiger partial charge in [0.25, 0.3) is 0 Å². The van der Waals surface area contributed by atoms with E-state index in [4.69, 9.17) is 18.9 Å². The minimum absolute atomic E-state index is 0.218. The summed E-state index contributed by atoms with van der Waals surface area (Å²) in [6.07, 6.45) is 47.6. The van der Waals surface area contributed by atoms with Crippen molar-refractivity contribution in [3.05, 3.63) is 72.9 Å². The molecule has 0 aromatic rings. The molecule has 0 radical (unpaired) electrons. The van der Waals surface area contributed by atoms with Gasteiger partial charge in [0.2, 0.25) is 0 Å². The Labute approximate surface area is 383 Å². The highest BCUT2D eigenvalue weighted by Gasteiger charge is 2.44. The number of esters is 2. The molecule has 362 valence electrons. The number of allylic oxidation sites excluding steroid dienone is 12. The summed E-state index contributed by atoms with van der Waals surface area (Å²) in [7, 11) is 0. The van der Waals surface area contributed by atoms with E-state index in [1.807, 2.05) is 0 Å². The lowest BCUT2D eigenvalue weighted by Gasteiger charge is -2.39. The van der Waals surface area contributed by atoms with Crippen LogP contribution in [0.2, 0.25) is 0 Å². The number of aliphatic hydroxyl groups excluding tert-OH is 4. The van der Waals surface area contributed by atoms with Gasteiger partial charge in [-0.1, -0.05) is 170 Å². The maximum absolute atomic E-state index is 12.8. The van der Waals surface area contributed by atoms with Gasteiger partial charge in [-0.15, -0.1) is 0 Å². The summed E-state index contributed by atoms with van der Waals surface area (Å²) in [5.74, 6) is -0.830. The van der Waals surface area contributed by atoms with Crippen LogP contribution in [0.3, 0.4) is 0 Å². The van der Waals surface area contributed by atoms with Gasteiger partial charge in [-0.05, 0) is 83.5 Å². The standard InChI is InChI=1S/C53H90O10/c1-3-5-7-9-11-13-15-17-19-20-21-22-23-24-25-26-28-30-32-34-36-38-40-42-49(56)62-46(45-61-53-52(59)51(58)50(57)47(43-54)63-53)44-60-48(55)41-39-37-35-33-31-29-27-18-16-14-12-10-8-6-4-2/h5,7,11-14,17-19,21-22,27,46-47,50-54,57-59H,3-4,6,8-10,15-16,20,23-26,28-45H2,1-2H3/b7-5-,13-11-,14-12-,19-17-,22-21-,27-18-. The molecule has 1 heterocycles. The largest absolute Gasteiger partial charge is 0.462 e. The minimum atomic E-state index is -1.60. The molecule has 0 aromatic heterocycles. The van der Waals surface area contributed by atoms with E-state index in [9.17, 15) is 30.0 Å². The predicted octanol–water partition coefficient (Wildman–Crippen LogP) is 11.6. The molecule has 0 amide bonds. The van der Waals surface area contributed by atoms with E-state index in [1.54, 1.807) is 0 Å². The van der Waals surface area contributed by atoms with Gasteiger partial charge < -0.3 is 39.4 Å². The van der Waals surface area contributed by atoms with Crippen LogP contribution in [0, 0.1) is 0 Å². The molecule has 0 saturated carbocycles. The summed E-state index contributed by atoms with van der Waals surface area (Å²) in [5, 5.41) is 40.2. The fraction of sp³-hybridized carbons (Fsp3) is 0.736. The Hall–Kier alpha value is -2.86. The van der Waals surface area contributed by atoms with Gasteiger partial charge >= 0.3 is 11.9 Å². The number of unbranched alkanes of at least 4 members (excludes halogenated alkanes) is 18. The topological polar surface area (TPSA) is 152 Å². The highest BCUT2D eigenvalue weighted by molar-refractivity contribution is 5.70. The Kier molecular flexibility index (Phi) is 39.7. The van der Waals surface area contributed by atoms with Gasteiger partial charge in [0.15, 0.2) is 12.4 Å². The van der Waals surface area contributed by atoms with Gasteiger partial charge in [0, 0.05) is 12.8 Å². The van der Waals surface area contributed by atoms with Crippen molar-refractivity contribution in [3.8, 4) is 0 Å². The average Bonchev–Trinajstić information content (AvgIpc) is 3.28. The van der Waals surface area contributed by atoms with Crippen LogP contribution < -0.4 is 0 Å². The molecule has 4 N–H and O–H groups in total. The van der Waals surface area contributed by atoms with Crippen LogP contribution in [0.5, 0.6) is 0 Å². The predicted molar refractivity (Wildman–Crippen MR) is 256 cm³/mol. The van der Waals surface area contributed by atoms with E-state index < -0.39 is 55.4 Å². The van der Waals surface area contributed by atoms with E-state index in [-0.39, 0.29) is 26.1 Å². The highest BCUT2D eigenvalue weighted by atomic mass is 16.7. The van der Waals surface area contributed by atoms with Crippen molar-refractivity contribution in [2.75, 3.05) is 19.8 Å². The lowest BCUT2D eigenvalue weighted by Crippen LogP contribution is -2.59. The molecule has 10 heteroatoms. The Balaban J connectivity index is 2.28. The van der Waals surface area contributed by atoms with Crippen LogP contribution in [0.15, 0.2) is 72.9 Å². The fourth-order valence-corrected chi connectivity index (χ4v) is 7.15. The zero-order valence-electron chi connectivity index (χ0n) is 39.6. The zero-order valence-corrected chi connectivity index (χ0v) is 39.6. The molecular weight excluding hydrogens is 797 g/mol. The first kappa shape index (κ1) is 58.2. The number of hydrogen-bond acceptors (Lipinski definition) is 10. The molecule has 10 nitrogen and oxygen atoms in total. The molecule has 1 saturated heterocycles. The number of hydrogen-bond donors (Lipinski definition) is 4. The van der Waals surface area contributed by atoms with Crippen molar-refractivity contribution in [1.82, 2.24) is 0 Å². The summed E-state index contributed by atoms with van der Waals surface area (Å²) in [4.78, 5) is 25.4. The summed E-state index contributed by atoms with van der Waals surface area (Å²) in [5.41, 5.74) is 0. The Morgan fingerprint density at radius 3 is 1.41 bits per heavy atom. The summed E-state index contributed by atoms with van der Waals surface area (Å²) < 4.78 is 22.2. The number of carbonyl (C=O) groups excluding carboxylic acids is 2. The SMILES string of the molecule is CC/C=C\C/C=C\C/C=C\C/C=C\CCCCCCCCCCCCC(=O)OC(COC(=O)CCCCCCC/C=C\C/C=C\CCCCC)COC1OC(CO)C(O)C(O)C1O. The number of rotatable bonds is 41. The first-order valence-corrected chi connectivity index (χ1v) is 25.0. The molecule has 0 bridgehead atoms. The Bertz CT molecular complexity index is 1250. The van der Waals surface area contributed by atoms with Crippen LogP contribution in [0.25, 0.3) is 0 Å². The monoisotopic (exact) mass is 887 g/mol. The van der Waals surface area contributed by atoms with E-state index in [0.717, 1.165) is 89.9 Å². The van der Waals surface area contributed by atoms with Crippen LogP contribution >= 0.6 is 0 Å². The average molecular weight is 887 g/mol.